The van der Waals surface area contributed by atoms with Gasteiger partial charge in [-0.3, -0.25) is 9.59 Å². The van der Waals surface area contributed by atoms with Crippen LogP contribution in [-0.2, 0) is 9.59 Å². The molecule has 0 aliphatic rings. The minimum atomic E-state index is -1.09. The van der Waals surface area contributed by atoms with Crippen LogP contribution in [0.5, 0.6) is 0 Å². The third-order valence-electron chi connectivity index (χ3n) is 3.82. The van der Waals surface area contributed by atoms with Gasteiger partial charge in [0.2, 0.25) is 5.91 Å². The Balaban J connectivity index is 2.90. The maximum absolute atomic E-state index is 12.5. The topological polar surface area (TPSA) is 86.7 Å². The molecule has 0 aliphatic heterocycles. The first kappa shape index (κ1) is 18.7. The lowest BCUT2D eigenvalue weighted by Gasteiger charge is -2.29. The van der Waals surface area contributed by atoms with Crippen LogP contribution in [0, 0.1) is 12.8 Å². The monoisotopic (exact) mass is 320 g/mol. The molecule has 2 atom stereocenters. The van der Waals surface area contributed by atoms with Crippen molar-refractivity contribution in [2.45, 2.75) is 39.8 Å². The van der Waals surface area contributed by atoms with Gasteiger partial charge in [-0.2, -0.15) is 0 Å². The van der Waals surface area contributed by atoms with Gasteiger partial charge in [0.25, 0.3) is 5.91 Å². The summed E-state index contributed by atoms with van der Waals surface area (Å²) in [5, 5.41) is 11.7. The van der Waals surface area contributed by atoms with Crippen LogP contribution in [0.3, 0.4) is 0 Å². The van der Waals surface area contributed by atoms with Crippen LogP contribution >= 0.6 is 0 Å². The predicted octanol–water partition coefficient (Wildman–Crippen LogP) is 1.68. The van der Waals surface area contributed by atoms with Gasteiger partial charge in [0.05, 0.1) is 0 Å². The van der Waals surface area contributed by atoms with E-state index < -0.39 is 24.0 Å². The maximum Gasteiger partial charge on any atom is 0.326 e. The molecule has 1 aromatic carbocycles. The van der Waals surface area contributed by atoms with Crippen LogP contribution in [0.1, 0.15) is 36.7 Å². The van der Waals surface area contributed by atoms with E-state index in [2.05, 4.69) is 5.32 Å². The number of amides is 2. The van der Waals surface area contributed by atoms with Crippen molar-refractivity contribution in [2.75, 3.05) is 7.05 Å². The smallest absolute Gasteiger partial charge is 0.326 e. The number of hydrogen-bond acceptors (Lipinski definition) is 3. The van der Waals surface area contributed by atoms with Gasteiger partial charge < -0.3 is 15.3 Å². The van der Waals surface area contributed by atoms with Gasteiger partial charge >= 0.3 is 5.97 Å². The average molecular weight is 320 g/mol. The van der Waals surface area contributed by atoms with Gasteiger partial charge in [-0.05, 0) is 31.9 Å². The highest BCUT2D eigenvalue weighted by Crippen LogP contribution is 2.10. The largest absolute Gasteiger partial charge is 0.480 e. The van der Waals surface area contributed by atoms with E-state index in [0.717, 1.165) is 10.5 Å². The molecule has 0 spiro atoms. The summed E-state index contributed by atoms with van der Waals surface area (Å²) in [6.45, 7) is 6.96. The van der Waals surface area contributed by atoms with E-state index in [1.54, 1.807) is 26.0 Å². The number of carboxylic acids is 1. The molecule has 0 radical (unpaired) electrons. The summed E-state index contributed by atoms with van der Waals surface area (Å²) >= 11 is 0. The molecule has 0 aromatic heterocycles. The summed E-state index contributed by atoms with van der Waals surface area (Å²) in [4.78, 5) is 37.0. The number of hydrogen-bond donors (Lipinski definition) is 2. The standard InChI is InChI=1S/C17H24N2O4/c1-10(2)14(16(21)19(5)12(4)17(22)23)18-15(20)13-8-6-11(3)7-9-13/h6-10,12,14H,1-5H3,(H,18,20)(H,22,23). The first-order valence-electron chi connectivity index (χ1n) is 7.52. The second-order valence-corrected chi connectivity index (χ2v) is 6.02. The number of aliphatic carboxylic acids is 1. The van der Waals surface area contributed by atoms with Gasteiger partial charge in [0.15, 0.2) is 0 Å². The van der Waals surface area contributed by atoms with Crippen LogP contribution < -0.4 is 5.32 Å². The van der Waals surface area contributed by atoms with Gasteiger partial charge in [0, 0.05) is 12.6 Å². The molecule has 2 N–H and O–H groups in total. The number of carboxylic acid groups (broad SMARTS) is 1. The SMILES string of the molecule is Cc1ccc(C(=O)NC(C(=O)N(C)C(C)C(=O)O)C(C)C)cc1. The molecular formula is C17H24N2O4. The summed E-state index contributed by atoms with van der Waals surface area (Å²) < 4.78 is 0. The molecule has 6 heteroatoms. The number of carbonyl (C=O) groups excluding carboxylic acids is 2. The minimum Gasteiger partial charge on any atom is -0.480 e. The quantitative estimate of drug-likeness (QED) is 0.835. The third-order valence-corrected chi connectivity index (χ3v) is 3.82. The zero-order chi connectivity index (χ0) is 17.7. The Morgan fingerprint density at radius 1 is 1.09 bits per heavy atom. The molecule has 0 heterocycles. The van der Waals surface area contributed by atoms with E-state index in [1.165, 1.54) is 14.0 Å². The molecule has 0 aliphatic carbocycles. The van der Waals surface area contributed by atoms with E-state index in [4.69, 9.17) is 5.11 Å². The lowest BCUT2D eigenvalue weighted by molar-refractivity contribution is -0.149. The minimum absolute atomic E-state index is 0.166. The Bertz CT molecular complexity index is 581. The Hall–Kier alpha value is -2.37. The lowest BCUT2D eigenvalue weighted by Crippen LogP contribution is -2.53. The van der Waals surface area contributed by atoms with E-state index in [9.17, 15) is 14.4 Å². The number of aryl methyl sites for hydroxylation is 1. The first-order valence-corrected chi connectivity index (χ1v) is 7.52. The summed E-state index contributed by atoms with van der Waals surface area (Å²) in [5.74, 6) is -2.03. The van der Waals surface area contributed by atoms with Crippen LogP contribution in [0.25, 0.3) is 0 Å². The van der Waals surface area contributed by atoms with Crippen LogP contribution in [0.15, 0.2) is 24.3 Å². The van der Waals surface area contributed by atoms with Crippen LogP contribution in [0.2, 0.25) is 0 Å². The van der Waals surface area contributed by atoms with Crippen LogP contribution in [-0.4, -0.2) is 46.9 Å². The van der Waals surface area contributed by atoms with E-state index in [1.807, 2.05) is 19.1 Å². The van der Waals surface area contributed by atoms with Crippen molar-refractivity contribution in [1.29, 1.82) is 0 Å². The molecule has 1 rings (SSSR count). The summed E-state index contributed by atoms with van der Waals surface area (Å²) in [6.07, 6.45) is 0. The molecule has 0 saturated carbocycles. The van der Waals surface area contributed by atoms with Crippen molar-refractivity contribution in [1.82, 2.24) is 10.2 Å². The zero-order valence-corrected chi connectivity index (χ0v) is 14.2. The fraction of sp³-hybridized carbons (Fsp3) is 0.471. The molecule has 0 bridgehead atoms. The molecular weight excluding hydrogens is 296 g/mol. The van der Waals surface area contributed by atoms with Gasteiger partial charge in [-0.25, -0.2) is 4.79 Å². The molecule has 2 unspecified atom stereocenters. The number of rotatable bonds is 6. The fourth-order valence-electron chi connectivity index (χ4n) is 2.02. The molecule has 1 aromatic rings. The third kappa shape index (κ3) is 4.81. The highest BCUT2D eigenvalue weighted by molar-refractivity contribution is 5.98. The van der Waals surface area contributed by atoms with Crippen molar-refractivity contribution < 1.29 is 19.5 Å². The van der Waals surface area contributed by atoms with Crippen molar-refractivity contribution in [3.63, 3.8) is 0 Å². The van der Waals surface area contributed by atoms with E-state index in [-0.39, 0.29) is 11.8 Å². The average Bonchev–Trinajstić information content (AvgIpc) is 2.50. The number of nitrogens with one attached hydrogen (secondary N) is 1. The molecule has 126 valence electrons. The summed E-state index contributed by atoms with van der Waals surface area (Å²) in [5.41, 5.74) is 1.50. The lowest BCUT2D eigenvalue weighted by atomic mass is 10.0. The Labute approximate surface area is 136 Å². The van der Waals surface area contributed by atoms with Crippen molar-refractivity contribution in [3.05, 3.63) is 35.4 Å². The molecule has 0 fully saturated rings. The van der Waals surface area contributed by atoms with Gasteiger partial charge in [-0.15, -0.1) is 0 Å². The van der Waals surface area contributed by atoms with E-state index in [0.29, 0.717) is 5.56 Å². The normalized spacial score (nSPS) is 13.3. The number of nitrogens with zero attached hydrogens (tertiary/aromatic N) is 1. The number of likely N-dealkylation sites (N-methyl/N-ethyl adjacent to an activating group) is 1. The Morgan fingerprint density at radius 2 is 1.61 bits per heavy atom. The van der Waals surface area contributed by atoms with Crippen molar-refractivity contribution >= 4 is 17.8 Å². The van der Waals surface area contributed by atoms with Crippen molar-refractivity contribution in [2.24, 2.45) is 5.92 Å². The molecule has 6 nitrogen and oxygen atoms in total. The number of benzene rings is 1. The molecule has 2 amide bonds. The summed E-state index contributed by atoms with van der Waals surface area (Å²) in [7, 11) is 1.43. The zero-order valence-electron chi connectivity index (χ0n) is 14.2. The Morgan fingerprint density at radius 3 is 2.04 bits per heavy atom. The Kier molecular flexibility index (Phi) is 6.30. The van der Waals surface area contributed by atoms with Crippen LogP contribution in [0.4, 0.5) is 0 Å². The highest BCUT2D eigenvalue weighted by Gasteiger charge is 2.31. The first-order chi connectivity index (χ1) is 10.6. The van der Waals surface area contributed by atoms with Crippen molar-refractivity contribution in [3.8, 4) is 0 Å². The molecule has 23 heavy (non-hydrogen) atoms. The number of carbonyl (C=O) groups is 3. The second-order valence-electron chi connectivity index (χ2n) is 6.02. The van der Waals surface area contributed by atoms with Gasteiger partial charge in [0.1, 0.15) is 12.1 Å². The maximum atomic E-state index is 12.5. The predicted molar refractivity (Wildman–Crippen MR) is 87.1 cm³/mol. The summed E-state index contributed by atoms with van der Waals surface area (Å²) in [6, 6.07) is 5.28. The fourth-order valence-corrected chi connectivity index (χ4v) is 2.02. The van der Waals surface area contributed by atoms with E-state index >= 15 is 0 Å². The van der Waals surface area contributed by atoms with Gasteiger partial charge in [-0.1, -0.05) is 31.5 Å². The highest BCUT2D eigenvalue weighted by atomic mass is 16.4. The molecule has 0 saturated heterocycles. The second kappa shape index (κ2) is 7.76.